The minimum Gasteiger partial charge on any atom is -0.392 e. The van der Waals surface area contributed by atoms with Crippen LogP contribution in [-0.2, 0) is 4.79 Å². The Morgan fingerprint density at radius 1 is 1.32 bits per heavy atom. The lowest BCUT2D eigenvalue weighted by molar-refractivity contribution is -0.131. The molecule has 5 nitrogen and oxygen atoms in total. The van der Waals surface area contributed by atoms with Gasteiger partial charge in [0.05, 0.1) is 6.10 Å². The summed E-state index contributed by atoms with van der Waals surface area (Å²) in [6.07, 6.45) is 4.98. The smallest absolute Gasteiger partial charge is 0.222 e. The van der Waals surface area contributed by atoms with Crippen molar-refractivity contribution in [2.24, 2.45) is 11.8 Å². The molecule has 0 saturated carbocycles. The van der Waals surface area contributed by atoms with Gasteiger partial charge in [0.25, 0.3) is 0 Å². The summed E-state index contributed by atoms with van der Waals surface area (Å²) in [6, 6.07) is 0. The van der Waals surface area contributed by atoms with E-state index in [2.05, 4.69) is 10.2 Å². The predicted octanol–water partition coefficient (Wildman–Crippen LogP) is 0.927. The van der Waals surface area contributed by atoms with Crippen molar-refractivity contribution < 1.29 is 9.90 Å². The third-order valence-electron chi connectivity index (χ3n) is 5.12. The Morgan fingerprint density at radius 3 is 2.64 bits per heavy atom. The number of likely N-dealkylation sites (tertiary alicyclic amines) is 1. The van der Waals surface area contributed by atoms with Crippen LogP contribution >= 0.6 is 0 Å². The number of hydrogen-bond acceptors (Lipinski definition) is 4. The van der Waals surface area contributed by atoms with Gasteiger partial charge in [0.2, 0.25) is 5.91 Å². The highest BCUT2D eigenvalue weighted by Crippen LogP contribution is 2.19. The van der Waals surface area contributed by atoms with Crippen molar-refractivity contribution >= 4 is 5.91 Å². The number of rotatable bonds is 7. The quantitative estimate of drug-likeness (QED) is 0.734. The van der Waals surface area contributed by atoms with Gasteiger partial charge in [-0.05, 0) is 70.6 Å². The summed E-state index contributed by atoms with van der Waals surface area (Å²) in [5, 5.41) is 12.8. The minimum absolute atomic E-state index is 0.245. The van der Waals surface area contributed by atoms with Crippen LogP contribution in [0.2, 0.25) is 0 Å². The molecule has 2 saturated heterocycles. The summed E-state index contributed by atoms with van der Waals surface area (Å²) in [7, 11) is 1.96. The number of piperidine rings is 1. The van der Waals surface area contributed by atoms with E-state index in [1.165, 1.54) is 6.42 Å². The number of β-amino-alcohol motifs (C(OH)–C–C–N with tert-alkyl or cyclic N) is 1. The Morgan fingerprint density at radius 2 is 2.05 bits per heavy atom. The number of hydrogen-bond donors (Lipinski definition) is 2. The third-order valence-corrected chi connectivity index (χ3v) is 5.12. The molecule has 5 heteroatoms. The number of amides is 1. The summed E-state index contributed by atoms with van der Waals surface area (Å²) >= 11 is 0. The molecule has 2 fully saturated rings. The van der Waals surface area contributed by atoms with Gasteiger partial charge >= 0.3 is 0 Å². The fraction of sp³-hybridized carbons (Fsp3) is 0.941. The first-order valence-electron chi connectivity index (χ1n) is 8.89. The van der Waals surface area contributed by atoms with Gasteiger partial charge in [0.1, 0.15) is 0 Å². The van der Waals surface area contributed by atoms with Crippen LogP contribution in [0.25, 0.3) is 0 Å². The van der Waals surface area contributed by atoms with Crippen LogP contribution in [0.1, 0.15) is 39.0 Å². The Hall–Kier alpha value is -0.650. The Balaban J connectivity index is 1.62. The molecule has 0 spiro atoms. The van der Waals surface area contributed by atoms with Crippen molar-refractivity contribution in [3.63, 3.8) is 0 Å². The van der Waals surface area contributed by atoms with E-state index in [9.17, 15) is 9.90 Å². The molecule has 0 aliphatic carbocycles. The molecule has 0 aromatic heterocycles. The number of carbonyl (C=O) groups is 1. The Kier molecular flexibility index (Phi) is 7.12. The van der Waals surface area contributed by atoms with Crippen molar-refractivity contribution in [3.05, 3.63) is 0 Å². The highest BCUT2D eigenvalue weighted by Gasteiger charge is 2.23. The molecule has 128 valence electrons. The maximum absolute atomic E-state index is 12.2. The van der Waals surface area contributed by atoms with E-state index in [1.807, 2.05) is 18.9 Å². The summed E-state index contributed by atoms with van der Waals surface area (Å²) in [5.74, 6) is 1.62. The molecule has 2 rings (SSSR count). The molecule has 2 N–H and O–H groups in total. The molecular formula is C17H33N3O2. The molecular weight excluding hydrogens is 278 g/mol. The van der Waals surface area contributed by atoms with Crippen molar-refractivity contribution in [1.29, 1.82) is 0 Å². The molecule has 0 aromatic rings. The van der Waals surface area contributed by atoms with Crippen molar-refractivity contribution in [2.75, 3.05) is 46.3 Å². The van der Waals surface area contributed by atoms with Gasteiger partial charge in [0.15, 0.2) is 0 Å². The van der Waals surface area contributed by atoms with Crippen LogP contribution in [0.3, 0.4) is 0 Å². The van der Waals surface area contributed by atoms with Gasteiger partial charge in [-0.2, -0.15) is 0 Å². The minimum atomic E-state index is -0.245. The topological polar surface area (TPSA) is 55.8 Å². The molecule has 2 aliphatic rings. The summed E-state index contributed by atoms with van der Waals surface area (Å²) in [6.45, 7) is 7.80. The Labute approximate surface area is 135 Å². The number of nitrogens with one attached hydrogen (secondary N) is 1. The van der Waals surface area contributed by atoms with Crippen LogP contribution in [0.5, 0.6) is 0 Å². The maximum Gasteiger partial charge on any atom is 0.222 e. The van der Waals surface area contributed by atoms with Crippen LogP contribution in [0.15, 0.2) is 0 Å². The monoisotopic (exact) mass is 311 g/mol. The second-order valence-electron chi connectivity index (χ2n) is 7.26. The number of aliphatic hydroxyl groups excluding tert-OH is 1. The van der Waals surface area contributed by atoms with Crippen LogP contribution in [0.4, 0.5) is 0 Å². The highest BCUT2D eigenvalue weighted by molar-refractivity contribution is 5.75. The zero-order valence-electron chi connectivity index (χ0n) is 14.3. The maximum atomic E-state index is 12.2. The van der Waals surface area contributed by atoms with E-state index in [1.54, 1.807) is 0 Å². The molecule has 2 atom stereocenters. The number of nitrogens with zero attached hydrogens (tertiary/aromatic N) is 2. The fourth-order valence-electron chi connectivity index (χ4n) is 3.69. The van der Waals surface area contributed by atoms with Gasteiger partial charge in [-0.25, -0.2) is 0 Å². The highest BCUT2D eigenvalue weighted by atomic mass is 16.3. The van der Waals surface area contributed by atoms with Gasteiger partial charge < -0.3 is 20.2 Å². The summed E-state index contributed by atoms with van der Waals surface area (Å²) in [5.41, 5.74) is 0. The summed E-state index contributed by atoms with van der Waals surface area (Å²) < 4.78 is 0. The van der Waals surface area contributed by atoms with E-state index in [4.69, 9.17) is 0 Å². The molecule has 0 aromatic carbocycles. The number of aliphatic hydroxyl groups is 1. The molecule has 0 radical (unpaired) electrons. The van der Waals surface area contributed by atoms with Gasteiger partial charge in [-0.3, -0.25) is 4.79 Å². The Bertz CT molecular complexity index is 335. The normalized spacial score (nSPS) is 25.3. The number of carbonyl (C=O) groups excluding carboxylic acids is 1. The van der Waals surface area contributed by atoms with Gasteiger partial charge in [-0.1, -0.05) is 0 Å². The molecule has 22 heavy (non-hydrogen) atoms. The SMILES string of the molecule is CC(O)CN1CCC(CN(C)C(=O)CCC2CCNC2)CC1. The van der Waals surface area contributed by atoms with E-state index in [0.717, 1.165) is 58.5 Å². The average molecular weight is 311 g/mol. The molecule has 2 heterocycles. The second kappa shape index (κ2) is 8.85. The zero-order valence-corrected chi connectivity index (χ0v) is 14.3. The average Bonchev–Trinajstić information content (AvgIpc) is 2.99. The molecule has 1 amide bonds. The van der Waals surface area contributed by atoms with Crippen LogP contribution in [0, 0.1) is 11.8 Å². The van der Waals surface area contributed by atoms with E-state index < -0.39 is 0 Å². The summed E-state index contributed by atoms with van der Waals surface area (Å²) in [4.78, 5) is 16.5. The first-order valence-corrected chi connectivity index (χ1v) is 8.89. The van der Waals surface area contributed by atoms with E-state index >= 15 is 0 Å². The van der Waals surface area contributed by atoms with E-state index in [0.29, 0.717) is 24.2 Å². The van der Waals surface area contributed by atoms with Crippen molar-refractivity contribution in [2.45, 2.75) is 45.1 Å². The standard InChI is InChI=1S/C17H33N3O2/c1-14(21)12-20-9-6-16(7-10-20)13-19(2)17(22)4-3-15-5-8-18-11-15/h14-16,18,21H,3-13H2,1-2H3. The van der Waals surface area contributed by atoms with Gasteiger partial charge in [-0.15, -0.1) is 0 Å². The van der Waals surface area contributed by atoms with Crippen LogP contribution in [-0.4, -0.2) is 73.2 Å². The van der Waals surface area contributed by atoms with Crippen molar-refractivity contribution in [1.82, 2.24) is 15.1 Å². The molecule has 2 aliphatic heterocycles. The zero-order chi connectivity index (χ0) is 15.9. The second-order valence-corrected chi connectivity index (χ2v) is 7.26. The van der Waals surface area contributed by atoms with Crippen molar-refractivity contribution in [3.8, 4) is 0 Å². The largest absolute Gasteiger partial charge is 0.392 e. The lowest BCUT2D eigenvalue weighted by Crippen LogP contribution is -2.41. The first-order chi connectivity index (χ1) is 10.5. The molecule has 0 bridgehead atoms. The lowest BCUT2D eigenvalue weighted by Gasteiger charge is -2.34. The predicted molar refractivity (Wildman–Crippen MR) is 88.7 cm³/mol. The van der Waals surface area contributed by atoms with Gasteiger partial charge in [0, 0.05) is 26.6 Å². The fourth-order valence-corrected chi connectivity index (χ4v) is 3.69. The lowest BCUT2D eigenvalue weighted by atomic mass is 9.95. The van der Waals surface area contributed by atoms with E-state index in [-0.39, 0.29) is 6.10 Å². The third kappa shape index (κ3) is 5.86. The first kappa shape index (κ1) is 17.7. The molecule has 2 unspecified atom stereocenters. The van der Waals surface area contributed by atoms with Crippen LogP contribution < -0.4 is 5.32 Å².